The second kappa shape index (κ2) is 8.33. The summed E-state index contributed by atoms with van der Waals surface area (Å²) in [5.41, 5.74) is 13.6. The maximum Gasteiger partial charge on any atom is 0.187 e. The summed E-state index contributed by atoms with van der Waals surface area (Å²) in [5.74, 6) is 0. The van der Waals surface area contributed by atoms with Crippen LogP contribution in [0.2, 0.25) is 0 Å². The summed E-state index contributed by atoms with van der Waals surface area (Å²) in [4.78, 5) is 19.6. The zero-order valence-corrected chi connectivity index (χ0v) is 18.7. The molecule has 0 bridgehead atoms. The molecule has 5 aromatic rings. The number of hydrogen-bond acceptors (Lipinski definition) is 6. The van der Waals surface area contributed by atoms with Crippen LogP contribution in [0.25, 0.3) is 22.7 Å². The van der Waals surface area contributed by atoms with Crippen LogP contribution in [0.4, 0.5) is 22.2 Å². The number of aromatic nitrogens is 3. The number of pyridine rings is 1. The Balaban J connectivity index is 1.32. The Morgan fingerprint density at radius 3 is 2.73 bits per heavy atom. The molecule has 0 spiro atoms. The lowest BCUT2D eigenvalue weighted by Gasteiger charge is -2.12. The molecule has 0 radical (unpaired) electrons. The standard InChI is InChI=1S/C25H22N6OS/c1-15(27-21-6-4-3-5-20(21)26)17-7-9-18(10-8-17)29-25-30-22(14-33-25)24-16(2)28-23-13-19(32)11-12-31(23)24/h3-14,27-28H,1,26H2,2H3,(H,29,30). The fraction of sp³-hybridized carbons (Fsp3) is 0.0400. The number of rotatable bonds is 6. The lowest BCUT2D eigenvalue weighted by atomic mass is 10.1. The van der Waals surface area contributed by atoms with Crippen molar-refractivity contribution in [2.75, 3.05) is 16.4 Å². The number of imidazole rings is 1. The molecule has 164 valence electrons. The minimum absolute atomic E-state index is 0.0306. The first-order valence-corrected chi connectivity index (χ1v) is 11.2. The minimum Gasteiger partial charge on any atom is -0.397 e. The maximum atomic E-state index is 11.6. The van der Waals surface area contributed by atoms with Crippen LogP contribution in [0.5, 0.6) is 0 Å². The molecule has 0 fully saturated rings. The van der Waals surface area contributed by atoms with Gasteiger partial charge in [-0.3, -0.25) is 9.20 Å². The Morgan fingerprint density at radius 2 is 1.94 bits per heavy atom. The highest BCUT2D eigenvalue weighted by atomic mass is 32.1. The second-order valence-electron chi connectivity index (χ2n) is 7.65. The molecule has 7 nitrogen and oxygen atoms in total. The number of aromatic amines is 1. The van der Waals surface area contributed by atoms with Gasteiger partial charge in [-0.25, -0.2) is 4.98 Å². The molecule has 0 aliphatic rings. The van der Waals surface area contributed by atoms with Crippen molar-refractivity contribution < 1.29 is 0 Å². The number of nitrogens with zero attached hydrogens (tertiary/aromatic N) is 2. The summed E-state index contributed by atoms with van der Waals surface area (Å²) in [6, 6.07) is 18.7. The Morgan fingerprint density at radius 1 is 1.15 bits per heavy atom. The van der Waals surface area contributed by atoms with Gasteiger partial charge in [0.25, 0.3) is 0 Å². The van der Waals surface area contributed by atoms with Gasteiger partial charge in [0.2, 0.25) is 0 Å². The minimum atomic E-state index is -0.0306. The van der Waals surface area contributed by atoms with E-state index < -0.39 is 0 Å². The predicted molar refractivity (Wildman–Crippen MR) is 137 cm³/mol. The molecule has 0 unspecified atom stereocenters. The Labute approximate surface area is 194 Å². The van der Waals surface area contributed by atoms with Crippen molar-refractivity contribution in [3.8, 4) is 11.4 Å². The monoisotopic (exact) mass is 454 g/mol. The van der Waals surface area contributed by atoms with Crippen molar-refractivity contribution in [2.45, 2.75) is 6.92 Å². The lowest BCUT2D eigenvalue weighted by Crippen LogP contribution is -2.00. The molecule has 3 aromatic heterocycles. The second-order valence-corrected chi connectivity index (χ2v) is 8.51. The van der Waals surface area contributed by atoms with E-state index in [-0.39, 0.29) is 5.43 Å². The van der Waals surface area contributed by atoms with E-state index in [4.69, 9.17) is 10.7 Å². The zero-order valence-electron chi connectivity index (χ0n) is 17.9. The molecule has 5 N–H and O–H groups in total. The van der Waals surface area contributed by atoms with Crippen LogP contribution in [0, 0.1) is 6.92 Å². The first-order valence-electron chi connectivity index (χ1n) is 10.3. The van der Waals surface area contributed by atoms with E-state index in [1.165, 1.54) is 11.3 Å². The fourth-order valence-electron chi connectivity index (χ4n) is 3.68. The van der Waals surface area contributed by atoms with E-state index in [1.54, 1.807) is 18.3 Å². The van der Waals surface area contributed by atoms with Gasteiger partial charge in [-0.1, -0.05) is 30.8 Å². The number of aryl methyl sites for hydroxylation is 1. The molecule has 0 saturated heterocycles. The SMILES string of the molecule is C=C(Nc1ccccc1N)c1ccc(Nc2nc(-c3c(C)[nH]c4cc(=O)ccn34)cs2)cc1. The number of thiazole rings is 1. The molecule has 0 atom stereocenters. The summed E-state index contributed by atoms with van der Waals surface area (Å²) in [6.45, 7) is 6.10. The molecule has 3 heterocycles. The summed E-state index contributed by atoms with van der Waals surface area (Å²) < 4.78 is 1.95. The van der Waals surface area contributed by atoms with E-state index in [0.717, 1.165) is 50.5 Å². The molecular weight excluding hydrogens is 432 g/mol. The number of H-pyrrole nitrogens is 1. The molecule has 0 aliphatic carbocycles. The van der Waals surface area contributed by atoms with Crippen molar-refractivity contribution in [3.05, 3.63) is 100 Å². The number of nitrogen functional groups attached to an aromatic ring is 1. The van der Waals surface area contributed by atoms with Gasteiger partial charge in [0.15, 0.2) is 10.6 Å². The van der Waals surface area contributed by atoms with Crippen LogP contribution in [0.1, 0.15) is 11.3 Å². The average molecular weight is 455 g/mol. The first kappa shape index (κ1) is 20.6. The van der Waals surface area contributed by atoms with Gasteiger partial charge in [-0.2, -0.15) is 0 Å². The lowest BCUT2D eigenvalue weighted by molar-refractivity contribution is 1.16. The summed E-state index contributed by atoms with van der Waals surface area (Å²) in [7, 11) is 0. The van der Waals surface area contributed by atoms with Crippen LogP contribution in [0.3, 0.4) is 0 Å². The number of fused-ring (bicyclic) bond motifs is 1. The van der Waals surface area contributed by atoms with Gasteiger partial charge in [0.05, 0.1) is 17.1 Å². The van der Waals surface area contributed by atoms with Gasteiger partial charge in [-0.15, -0.1) is 11.3 Å². The van der Waals surface area contributed by atoms with E-state index in [1.807, 2.05) is 65.2 Å². The van der Waals surface area contributed by atoms with E-state index in [2.05, 4.69) is 22.2 Å². The number of nitrogens with one attached hydrogen (secondary N) is 3. The van der Waals surface area contributed by atoms with Crippen LogP contribution < -0.4 is 21.8 Å². The average Bonchev–Trinajstić information content (AvgIpc) is 3.38. The number of benzene rings is 2. The predicted octanol–water partition coefficient (Wildman–Crippen LogP) is 5.47. The summed E-state index contributed by atoms with van der Waals surface area (Å²) >= 11 is 1.52. The fourth-order valence-corrected chi connectivity index (χ4v) is 4.40. The first-order chi connectivity index (χ1) is 16.0. The van der Waals surface area contributed by atoms with Crippen LogP contribution >= 0.6 is 11.3 Å². The molecule has 33 heavy (non-hydrogen) atoms. The molecule has 0 aliphatic heterocycles. The molecule has 0 saturated carbocycles. The Bertz CT molecular complexity index is 1530. The number of nitrogens with two attached hydrogens (primary N) is 1. The van der Waals surface area contributed by atoms with E-state index in [9.17, 15) is 4.79 Å². The highest BCUT2D eigenvalue weighted by Gasteiger charge is 2.13. The highest BCUT2D eigenvalue weighted by Crippen LogP contribution is 2.30. The van der Waals surface area contributed by atoms with Crippen molar-refractivity contribution in [3.63, 3.8) is 0 Å². The van der Waals surface area contributed by atoms with Crippen molar-refractivity contribution in [1.82, 2.24) is 14.4 Å². The summed E-state index contributed by atoms with van der Waals surface area (Å²) in [5, 5.41) is 9.40. The van der Waals surface area contributed by atoms with E-state index >= 15 is 0 Å². The third kappa shape index (κ3) is 4.11. The van der Waals surface area contributed by atoms with Gasteiger partial charge >= 0.3 is 0 Å². The van der Waals surface area contributed by atoms with Crippen LogP contribution in [-0.4, -0.2) is 14.4 Å². The van der Waals surface area contributed by atoms with Gasteiger partial charge < -0.3 is 21.4 Å². The normalized spacial score (nSPS) is 10.9. The van der Waals surface area contributed by atoms with Crippen molar-refractivity contribution in [2.24, 2.45) is 0 Å². The topological polar surface area (TPSA) is 100 Å². The number of para-hydroxylation sites is 2. The number of hydrogen-bond donors (Lipinski definition) is 4. The molecule has 5 rings (SSSR count). The molecule has 0 amide bonds. The van der Waals surface area contributed by atoms with Crippen LogP contribution in [-0.2, 0) is 0 Å². The third-order valence-electron chi connectivity index (χ3n) is 5.32. The van der Waals surface area contributed by atoms with Gasteiger partial charge in [0, 0.05) is 40.8 Å². The Kier molecular flexibility index (Phi) is 5.20. The van der Waals surface area contributed by atoms with Crippen molar-refractivity contribution in [1.29, 1.82) is 0 Å². The Hall–Kier alpha value is -4.30. The largest absolute Gasteiger partial charge is 0.397 e. The number of anilines is 4. The maximum absolute atomic E-state index is 11.6. The van der Waals surface area contributed by atoms with Gasteiger partial charge in [0.1, 0.15) is 11.3 Å². The van der Waals surface area contributed by atoms with E-state index in [0.29, 0.717) is 5.69 Å². The zero-order chi connectivity index (χ0) is 22.9. The van der Waals surface area contributed by atoms with Crippen molar-refractivity contribution >= 4 is 44.9 Å². The van der Waals surface area contributed by atoms with Gasteiger partial charge in [-0.05, 0) is 36.8 Å². The van der Waals surface area contributed by atoms with Crippen LogP contribution in [0.15, 0.2) is 83.6 Å². The molecular formula is C25H22N6OS. The quantitative estimate of drug-likeness (QED) is 0.255. The highest BCUT2D eigenvalue weighted by molar-refractivity contribution is 7.14. The smallest absolute Gasteiger partial charge is 0.187 e. The molecule has 8 heteroatoms. The third-order valence-corrected chi connectivity index (χ3v) is 6.07. The summed E-state index contributed by atoms with van der Waals surface area (Å²) in [6.07, 6.45) is 1.77. The molecule has 2 aromatic carbocycles.